The Kier molecular flexibility index (Phi) is 8.61. The van der Waals surface area contributed by atoms with Gasteiger partial charge in [0.15, 0.2) is 40.5 Å². The minimum Gasteiger partial charge on any atom is -0.449 e. The Morgan fingerprint density at radius 1 is 0.349 bits per heavy atom. The van der Waals surface area contributed by atoms with E-state index in [4.69, 9.17) is 24.4 Å². The molecule has 1 aliphatic carbocycles. The van der Waals surface area contributed by atoms with Crippen LogP contribution in [0.5, 0.6) is 23.0 Å². The maximum absolute atomic E-state index is 6.92. The molecule has 296 valence electrons. The van der Waals surface area contributed by atoms with E-state index >= 15 is 0 Å². The molecule has 12 rings (SSSR count). The van der Waals surface area contributed by atoms with Crippen LogP contribution in [0.3, 0.4) is 0 Å². The van der Waals surface area contributed by atoms with Crippen LogP contribution < -0.4 is 9.47 Å². The van der Waals surface area contributed by atoms with Gasteiger partial charge in [-0.15, -0.1) is 0 Å². The highest BCUT2D eigenvalue weighted by atomic mass is 16.6. The highest BCUT2D eigenvalue weighted by Gasteiger charge is 2.48. The van der Waals surface area contributed by atoms with Gasteiger partial charge in [0.25, 0.3) is 0 Å². The van der Waals surface area contributed by atoms with Gasteiger partial charge < -0.3 is 9.47 Å². The second-order valence-corrected chi connectivity index (χ2v) is 15.8. The van der Waals surface area contributed by atoms with Gasteiger partial charge in [-0.2, -0.15) is 0 Å². The zero-order chi connectivity index (χ0) is 41.7. The minimum absolute atomic E-state index is 0.535. The molecule has 0 saturated carbocycles. The number of nitrogens with zero attached hydrogens (tertiary/aromatic N) is 4. The quantitative estimate of drug-likeness (QED) is 0.160. The lowest BCUT2D eigenvalue weighted by atomic mass is 9.68. The second kappa shape index (κ2) is 14.9. The number of ether oxygens (including phenoxy) is 2. The predicted molar refractivity (Wildman–Crippen MR) is 249 cm³/mol. The Morgan fingerprint density at radius 3 is 1.60 bits per heavy atom. The van der Waals surface area contributed by atoms with Gasteiger partial charge >= 0.3 is 0 Å². The van der Waals surface area contributed by atoms with E-state index in [1.807, 2.05) is 84.9 Å². The van der Waals surface area contributed by atoms with Gasteiger partial charge in [-0.05, 0) is 81.4 Å². The molecule has 0 spiro atoms. The number of pyridine rings is 1. The molecule has 6 heteroatoms. The largest absolute Gasteiger partial charge is 0.449 e. The summed E-state index contributed by atoms with van der Waals surface area (Å²) in [6.45, 7) is 0. The van der Waals surface area contributed by atoms with Gasteiger partial charge in [-0.1, -0.05) is 170 Å². The van der Waals surface area contributed by atoms with E-state index in [0.717, 1.165) is 61.5 Å². The first kappa shape index (κ1) is 36.4. The molecule has 3 heterocycles. The first-order chi connectivity index (χ1) is 31.2. The van der Waals surface area contributed by atoms with Gasteiger partial charge in [0.2, 0.25) is 0 Å². The van der Waals surface area contributed by atoms with Crippen LogP contribution in [0.2, 0.25) is 0 Å². The molecule has 0 atom stereocenters. The summed E-state index contributed by atoms with van der Waals surface area (Å²) in [7, 11) is 0. The molecular weight excluding hydrogens is 773 g/mol. The predicted octanol–water partition coefficient (Wildman–Crippen LogP) is 13.9. The third-order valence-electron chi connectivity index (χ3n) is 12.1. The molecule has 63 heavy (non-hydrogen) atoms. The van der Waals surface area contributed by atoms with Crippen LogP contribution in [0.4, 0.5) is 0 Å². The van der Waals surface area contributed by atoms with Crippen LogP contribution in [-0.4, -0.2) is 19.9 Å². The minimum atomic E-state index is -0.535. The van der Waals surface area contributed by atoms with Crippen LogP contribution in [0.1, 0.15) is 22.3 Å². The summed E-state index contributed by atoms with van der Waals surface area (Å²) in [5, 5.41) is 0. The first-order valence-electron chi connectivity index (χ1n) is 21.0. The van der Waals surface area contributed by atoms with Crippen molar-refractivity contribution in [3.8, 4) is 90.7 Å². The summed E-state index contributed by atoms with van der Waals surface area (Å²) in [6.07, 6.45) is 1.80. The monoisotopic (exact) mass is 808 g/mol. The highest BCUT2D eigenvalue weighted by Crippen LogP contribution is 2.62. The number of hydrogen-bond donors (Lipinski definition) is 0. The zero-order valence-corrected chi connectivity index (χ0v) is 33.9. The van der Waals surface area contributed by atoms with Gasteiger partial charge in [0.05, 0.1) is 11.1 Å². The molecule has 0 radical (unpaired) electrons. The molecule has 1 aliphatic heterocycles. The fourth-order valence-corrected chi connectivity index (χ4v) is 9.28. The molecule has 0 fully saturated rings. The molecule has 0 N–H and O–H groups in total. The Labute approximate surface area is 364 Å². The summed E-state index contributed by atoms with van der Waals surface area (Å²) < 4.78 is 13.7. The first-order valence-corrected chi connectivity index (χ1v) is 21.0. The molecule has 10 aromatic rings. The number of hydrogen-bond acceptors (Lipinski definition) is 6. The fraction of sp³-hybridized carbons (Fsp3) is 0.0175. The lowest BCUT2D eigenvalue weighted by molar-refractivity contribution is 0.360. The van der Waals surface area contributed by atoms with Crippen LogP contribution in [-0.2, 0) is 5.41 Å². The standard InChI is InChI=1S/C57H36N4O2/c1-4-16-37(17-5-1)54-59-55(61-56(60-54)42-21-15-19-40(35-42)48-28-12-13-33-58-48)41-20-14-18-38(34-41)39-29-31-49-51(36-39)62-50-32-30-47-52(53(50)63-49)45-26-10-11-27-46(45)57(47,43-22-6-2-7-23-43)44-24-8-3-9-25-44/h1-36H. The Bertz CT molecular complexity index is 3300. The molecule has 0 unspecified atom stereocenters. The SMILES string of the molecule is c1ccc(-c2nc(-c3cccc(-c4ccc5c(c4)Oc4ccc6c(c4O5)-c4ccccc4C6(c4ccccc4)c4ccccc4)c3)nc(-c3cccc(-c4ccccn4)c3)n2)cc1. The van der Waals surface area contributed by atoms with Gasteiger partial charge in [0, 0.05) is 34.0 Å². The average Bonchev–Trinajstić information content (AvgIpc) is 3.68. The van der Waals surface area contributed by atoms with E-state index in [2.05, 4.69) is 132 Å². The van der Waals surface area contributed by atoms with Crippen molar-refractivity contribution in [2.24, 2.45) is 0 Å². The summed E-state index contributed by atoms with van der Waals surface area (Å²) in [4.78, 5) is 19.6. The van der Waals surface area contributed by atoms with Gasteiger partial charge in [-0.25, -0.2) is 15.0 Å². The zero-order valence-electron chi connectivity index (χ0n) is 33.9. The molecule has 2 aromatic heterocycles. The lowest BCUT2D eigenvalue weighted by Gasteiger charge is -2.34. The summed E-state index contributed by atoms with van der Waals surface area (Å²) >= 11 is 0. The van der Waals surface area contributed by atoms with Crippen molar-refractivity contribution in [3.63, 3.8) is 0 Å². The van der Waals surface area contributed by atoms with E-state index in [1.54, 1.807) is 6.20 Å². The number of fused-ring (bicyclic) bond motifs is 6. The third-order valence-corrected chi connectivity index (χ3v) is 12.1. The van der Waals surface area contributed by atoms with E-state index in [1.165, 1.54) is 16.7 Å². The van der Waals surface area contributed by atoms with Crippen molar-refractivity contribution in [3.05, 3.63) is 241 Å². The Morgan fingerprint density at radius 2 is 0.905 bits per heavy atom. The lowest BCUT2D eigenvalue weighted by Crippen LogP contribution is -2.28. The molecule has 6 nitrogen and oxygen atoms in total. The van der Waals surface area contributed by atoms with Gasteiger partial charge in [0.1, 0.15) is 0 Å². The normalized spacial score (nSPS) is 12.8. The third kappa shape index (κ3) is 6.11. The summed E-state index contributed by atoms with van der Waals surface area (Å²) in [5.41, 5.74) is 12.9. The Balaban J connectivity index is 0.920. The van der Waals surface area contributed by atoms with Crippen molar-refractivity contribution in [2.45, 2.75) is 5.41 Å². The molecule has 0 saturated heterocycles. The average molecular weight is 809 g/mol. The van der Waals surface area contributed by atoms with Crippen molar-refractivity contribution < 1.29 is 9.47 Å². The van der Waals surface area contributed by atoms with Crippen LogP contribution in [0.25, 0.3) is 67.7 Å². The van der Waals surface area contributed by atoms with Crippen molar-refractivity contribution in [1.29, 1.82) is 0 Å². The van der Waals surface area contributed by atoms with E-state index in [0.29, 0.717) is 34.7 Å². The fourth-order valence-electron chi connectivity index (χ4n) is 9.28. The summed E-state index contributed by atoms with van der Waals surface area (Å²) in [5.74, 6) is 4.47. The maximum atomic E-state index is 6.92. The van der Waals surface area contributed by atoms with Gasteiger partial charge in [-0.3, -0.25) is 4.98 Å². The molecule has 8 aromatic carbocycles. The van der Waals surface area contributed by atoms with E-state index in [9.17, 15) is 0 Å². The second-order valence-electron chi connectivity index (χ2n) is 15.8. The van der Waals surface area contributed by atoms with Crippen molar-refractivity contribution in [1.82, 2.24) is 19.9 Å². The van der Waals surface area contributed by atoms with E-state index < -0.39 is 5.41 Å². The summed E-state index contributed by atoms with van der Waals surface area (Å²) in [6, 6.07) is 73.1. The molecule has 2 aliphatic rings. The van der Waals surface area contributed by atoms with E-state index in [-0.39, 0.29) is 0 Å². The molecule has 0 bridgehead atoms. The van der Waals surface area contributed by atoms with Crippen LogP contribution >= 0.6 is 0 Å². The van der Waals surface area contributed by atoms with Crippen LogP contribution in [0, 0.1) is 0 Å². The smallest absolute Gasteiger partial charge is 0.178 e. The number of aromatic nitrogens is 4. The number of benzene rings is 8. The topological polar surface area (TPSA) is 70.0 Å². The maximum Gasteiger partial charge on any atom is 0.178 e. The molecular formula is C57H36N4O2. The Hall–Kier alpha value is -8.48. The van der Waals surface area contributed by atoms with Crippen LogP contribution in [0.15, 0.2) is 219 Å². The van der Waals surface area contributed by atoms with Crippen molar-refractivity contribution >= 4 is 0 Å². The molecule has 0 amide bonds. The van der Waals surface area contributed by atoms with Crippen molar-refractivity contribution in [2.75, 3.05) is 0 Å². The highest BCUT2D eigenvalue weighted by molar-refractivity contribution is 5.92. The number of rotatable bonds is 7.